The molecule has 0 aromatic carbocycles. The van der Waals surface area contributed by atoms with E-state index in [9.17, 15) is 8.42 Å². The van der Waals surface area contributed by atoms with Crippen LogP contribution in [0.25, 0.3) is 0 Å². The maximum atomic E-state index is 11.9. The lowest BCUT2D eigenvalue weighted by Crippen LogP contribution is -2.46. The van der Waals surface area contributed by atoms with Crippen LogP contribution in [0.3, 0.4) is 0 Å². The highest BCUT2D eigenvalue weighted by molar-refractivity contribution is 7.89. The third-order valence-corrected chi connectivity index (χ3v) is 5.80. The fraction of sp³-hybridized carbons (Fsp3) is 1.00. The SMILES string of the molecule is CC1CCNCC1CN1CCCCS1(=O)=O. The fourth-order valence-corrected chi connectivity index (χ4v) is 4.26. The molecule has 5 heteroatoms. The van der Waals surface area contributed by atoms with Crippen molar-refractivity contribution in [2.45, 2.75) is 26.2 Å². The van der Waals surface area contributed by atoms with Gasteiger partial charge in [-0.2, -0.15) is 0 Å². The number of nitrogens with zero attached hydrogens (tertiary/aromatic N) is 1. The van der Waals surface area contributed by atoms with Crippen molar-refractivity contribution in [3.05, 3.63) is 0 Å². The fourth-order valence-electron chi connectivity index (χ4n) is 2.61. The van der Waals surface area contributed by atoms with E-state index in [1.54, 1.807) is 4.31 Å². The van der Waals surface area contributed by atoms with Gasteiger partial charge in [0.15, 0.2) is 0 Å². The normalized spacial score (nSPS) is 36.1. The number of piperidine rings is 1. The van der Waals surface area contributed by atoms with Gasteiger partial charge in [-0.25, -0.2) is 12.7 Å². The van der Waals surface area contributed by atoms with Gasteiger partial charge in [-0.3, -0.25) is 0 Å². The Morgan fingerprint density at radius 1 is 1.38 bits per heavy atom. The Morgan fingerprint density at radius 3 is 2.88 bits per heavy atom. The molecule has 0 aliphatic carbocycles. The third-order valence-electron chi connectivity index (χ3n) is 3.88. The smallest absolute Gasteiger partial charge is 0.214 e. The lowest BCUT2D eigenvalue weighted by molar-refractivity contribution is 0.220. The number of hydrogen-bond donors (Lipinski definition) is 1. The van der Waals surface area contributed by atoms with Gasteiger partial charge in [0.25, 0.3) is 0 Å². The highest BCUT2D eigenvalue weighted by atomic mass is 32.2. The van der Waals surface area contributed by atoms with Crippen LogP contribution < -0.4 is 5.32 Å². The van der Waals surface area contributed by atoms with E-state index >= 15 is 0 Å². The van der Waals surface area contributed by atoms with Crippen LogP contribution in [0.15, 0.2) is 0 Å². The summed E-state index contributed by atoms with van der Waals surface area (Å²) < 4.78 is 25.4. The van der Waals surface area contributed by atoms with Crippen LogP contribution in [0.5, 0.6) is 0 Å². The first-order valence-corrected chi connectivity index (χ1v) is 7.89. The molecule has 0 radical (unpaired) electrons. The van der Waals surface area contributed by atoms with Gasteiger partial charge in [-0.1, -0.05) is 6.92 Å². The highest BCUT2D eigenvalue weighted by Crippen LogP contribution is 2.23. The van der Waals surface area contributed by atoms with Gasteiger partial charge in [-0.15, -0.1) is 0 Å². The topological polar surface area (TPSA) is 49.4 Å². The van der Waals surface area contributed by atoms with E-state index in [0.29, 0.717) is 17.6 Å². The predicted octanol–water partition coefficient (Wildman–Crippen LogP) is 0.658. The summed E-state index contributed by atoms with van der Waals surface area (Å²) in [6.07, 6.45) is 3.02. The second-order valence-electron chi connectivity index (χ2n) is 5.11. The molecule has 0 aromatic rings. The van der Waals surface area contributed by atoms with Crippen LogP contribution in [0.1, 0.15) is 26.2 Å². The predicted molar refractivity (Wildman–Crippen MR) is 64.7 cm³/mol. The van der Waals surface area contributed by atoms with Gasteiger partial charge in [0.1, 0.15) is 0 Å². The number of rotatable bonds is 2. The van der Waals surface area contributed by atoms with Gasteiger partial charge in [0.05, 0.1) is 5.75 Å². The van der Waals surface area contributed by atoms with Crippen LogP contribution in [-0.4, -0.2) is 44.7 Å². The van der Waals surface area contributed by atoms with E-state index in [1.807, 2.05) is 0 Å². The Hall–Kier alpha value is -0.130. The minimum absolute atomic E-state index is 0.349. The Kier molecular flexibility index (Phi) is 3.87. The minimum Gasteiger partial charge on any atom is -0.316 e. The van der Waals surface area contributed by atoms with Crippen molar-refractivity contribution in [2.24, 2.45) is 11.8 Å². The molecule has 0 amide bonds. The van der Waals surface area contributed by atoms with E-state index < -0.39 is 10.0 Å². The third kappa shape index (κ3) is 2.76. The Bertz CT molecular complexity index is 329. The van der Waals surface area contributed by atoms with E-state index in [0.717, 1.165) is 39.0 Å². The van der Waals surface area contributed by atoms with Crippen LogP contribution in [-0.2, 0) is 10.0 Å². The molecule has 2 aliphatic heterocycles. The molecule has 2 heterocycles. The second kappa shape index (κ2) is 5.02. The Morgan fingerprint density at radius 2 is 2.19 bits per heavy atom. The largest absolute Gasteiger partial charge is 0.316 e. The molecule has 0 spiro atoms. The molecule has 2 atom stereocenters. The van der Waals surface area contributed by atoms with Crippen LogP contribution in [0.4, 0.5) is 0 Å². The summed E-state index contributed by atoms with van der Waals surface area (Å²) in [4.78, 5) is 0. The summed E-state index contributed by atoms with van der Waals surface area (Å²) in [6.45, 7) is 5.72. The molecule has 2 saturated heterocycles. The summed E-state index contributed by atoms with van der Waals surface area (Å²) >= 11 is 0. The van der Waals surface area contributed by atoms with Crippen LogP contribution >= 0.6 is 0 Å². The van der Waals surface area contributed by atoms with Crippen LogP contribution in [0, 0.1) is 11.8 Å². The molecule has 2 rings (SSSR count). The zero-order valence-electron chi connectivity index (χ0n) is 9.98. The second-order valence-corrected chi connectivity index (χ2v) is 7.20. The van der Waals surface area contributed by atoms with Gasteiger partial charge in [0, 0.05) is 13.1 Å². The standard InChI is InChI=1S/C11H22N2O2S/c1-10-4-5-12-8-11(10)9-13-6-2-3-7-16(13,14)15/h10-12H,2-9H2,1H3. The average molecular weight is 246 g/mol. The maximum absolute atomic E-state index is 11.9. The van der Waals surface area contributed by atoms with Crippen molar-refractivity contribution >= 4 is 10.0 Å². The van der Waals surface area contributed by atoms with Gasteiger partial charge >= 0.3 is 0 Å². The molecule has 2 unspecified atom stereocenters. The van der Waals surface area contributed by atoms with Crippen molar-refractivity contribution in [3.63, 3.8) is 0 Å². The summed E-state index contributed by atoms with van der Waals surface area (Å²) in [5.74, 6) is 1.47. The molecular weight excluding hydrogens is 224 g/mol. The zero-order valence-corrected chi connectivity index (χ0v) is 10.8. The molecule has 0 aromatic heterocycles. The first-order valence-electron chi connectivity index (χ1n) is 6.28. The summed E-state index contributed by atoms with van der Waals surface area (Å²) in [7, 11) is -2.94. The van der Waals surface area contributed by atoms with E-state index in [1.165, 1.54) is 6.42 Å². The van der Waals surface area contributed by atoms with E-state index in [4.69, 9.17) is 0 Å². The van der Waals surface area contributed by atoms with Crippen LogP contribution in [0.2, 0.25) is 0 Å². The van der Waals surface area contributed by atoms with E-state index in [2.05, 4.69) is 12.2 Å². The summed E-state index contributed by atoms with van der Waals surface area (Å²) in [6, 6.07) is 0. The molecule has 2 aliphatic rings. The Labute approximate surface area is 98.4 Å². The molecule has 0 saturated carbocycles. The first-order chi connectivity index (χ1) is 7.59. The molecule has 94 valence electrons. The van der Waals surface area contributed by atoms with Crippen molar-refractivity contribution < 1.29 is 8.42 Å². The molecular formula is C11H22N2O2S. The average Bonchev–Trinajstić information content (AvgIpc) is 2.24. The lowest BCUT2D eigenvalue weighted by atomic mass is 9.88. The number of hydrogen-bond acceptors (Lipinski definition) is 3. The molecule has 16 heavy (non-hydrogen) atoms. The molecule has 0 bridgehead atoms. The zero-order chi connectivity index (χ0) is 11.6. The van der Waals surface area contributed by atoms with Gasteiger partial charge in [0.2, 0.25) is 10.0 Å². The van der Waals surface area contributed by atoms with Crippen molar-refractivity contribution in [1.82, 2.24) is 9.62 Å². The number of nitrogens with one attached hydrogen (secondary N) is 1. The highest BCUT2D eigenvalue weighted by Gasteiger charge is 2.30. The summed E-state index contributed by atoms with van der Waals surface area (Å²) in [5, 5.41) is 3.36. The Balaban J connectivity index is 1.97. The lowest BCUT2D eigenvalue weighted by Gasteiger charge is -2.35. The molecule has 1 N–H and O–H groups in total. The molecule has 2 fully saturated rings. The van der Waals surface area contributed by atoms with E-state index in [-0.39, 0.29) is 0 Å². The summed E-state index contributed by atoms with van der Waals surface area (Å²) in [5.41, 5.74) is 0. The number of sulfonamides is 1. The maximum Gasteiger partial charge on any atom is 0.214 e. The van der Waals surface area contributed by atoms with Gasteiger partial charge < -0.3 is 5.32 Å². The molecule has 4 nitrogen and oxygen atoms in total. The van der Waals surface area contributed by atoms with Crippen molar-refractivity contribution in [1.29, 1.82) is 0 Å². The monoisotopic (exact) mass is 246 g/mol. The van der Waals surface area contributed by atoms with Crippen molar-refractivity contribution in [3.8, 4) is 0 Å². The first kappa shape index (κ1) is 12.3. The minimum atomic E-state index is -2.94. The quantitative estimate of drug-likeness (QED) is 0.778. The van der Waals surface area contributed by atoms with Crippen molar-refractivity contribution in [2.75, 3.05) is 31.9 Å². The van der Waals surface area contributed by atoms with Gasteiger partial charge in [-0.05, 0) is 44.2 Å².